The van der Waals surface area contributed by atoms with Gasteiger partial charge in [-0.25, -0.2) is 12.8 Å². The molecule has 1 heterocycles. The topological polar surface area (TPSA) is 67.7 Å². The van der Waals surface area contributed by atoms with E-state index in [4.69, 9.17) is 0 Å². The van der Waals surface area contributed by atoms with E-state index in [2.05, 4.69) is 5.32 Å². The summed E-state index contributed by atoms with van der Waals surface area (Å²) in [6, 6.07) is 5.92. The molecule has 0 saturated carbocycles. The van der Waals surface area contributed by atoms with E-state index in [1.165, 1.54) is 12.1 Å². The van der Waals surface area contributed by atoms with E-state index < -0.39 is 9.84 Å². The second-order valence-corrected chi connectivity index (χ2v) is 7.83. The molecule has 0 aliphatic carbocycles. The Labute approximate surface area is 124 Å². The summed E-state index contributed by atoms with van der Waals surface area (Å²) in [6.45, 7) is 0.866. The fraction of sp³-hybridized carbons (Fsp3) is 0.500. The molecular formula is C14H20FN2O3S+. The van der Waals surface area contributed by atoms with E-state index in [9.17, 15) is 17.6 Å². The van der Waals surface area contributed by atoms with Crippen molar-refractivity contribution in [3.63, 3.8) is 0 Å². The van der Waals surface area contributed by atoms with E-state index in [-0.39, 0.29) is 35.8 Å². The molecule has 1 fully saturated rings. The van der Waals surface area contributed by atoms with Crippen molar-refractivity contribution in [1.29, 1.82) is 0 Å². The summed E-state index contributed by atoms with van der Waals surface area (Å²) < 4.78 is 35.5. The number of likely N-dealkylation sites (N-methyl/N-ethyl adjacent to an activating group) is 1. The minimum atomic E-state index is -2.98. The zero-order valence-corrected chi connectivity index (χ0v) is 12.7. The molecule has 7 heteroatoms. The highest BCUT2D eigenvalue weighted by Gasteiger charge is 2.29. The number of nitrogens with one attached hydrogen (secondary N) is 2. The standard InChI is InChI=1S/C14H19FN2O3S/c1-17(8-11-2-4-12(15)5-3-11)9-14(18)16-13-6-7-21(19,20)10-13/h2-5,13H,6-10H2,1H3,(H,16,18)/p+1/t13-/m0/s1. The molecule has 2 atom stereocenters. The normalized spacial score (nSPS) is 21.9. The van der Waals surface area contributed by atoms with Crippen molar-refractivity contribution in [2.45, 2.75) is 19.0 Å². The highest BCUT2D eigenvalue weighted by molar-refractivity contribution is 7.91. The average molecular weight is 315 g/mol. The summed E-state index contributed by atoms with van der Waals surface area (Å²) in [7, 11) is -1.11. The lowest BCUT2D eigenvalue weighted by atomic mass is 10.2. The van der Waals surface area contributed by atoms with Gasteiger partial charge in [-0.15, -0.1) is 0 Å². The van der Waals surface area contributed by atoms with Gasteiger partial charge < -0.3 is 10.2 Å². The van der Waals surface area contributed by atoms with Gasteiger partial charge in [0.25, 0.3) is 5.91 Å². The summed E-state index contributed by atoms with van der Waals surface area (Å²) in [5.41, 5.74) is 0.949. The Morgan fingerprint density at radius 1 is 1.38 bits per heavy atom. The van der Waals surface area contributed by atoms with Gasteiger partial charge in [0.2, 0.25) is 0 Å². The van der Waals surface area contributed by atoms with Crippen LogP contribution in [0.5, 0.6) is 0 Å². The third-order valence-electron chi connectivity index (χ3n) is 3.48. The van der Waals surface area contributed by atoms with Crippen LogP contribution in [0.1, 0.15) is 12.0 Å². The van der Waals surface area contributed by atoms with Gasteiger partial charge in [-0.1, -0.05) is 12.1 Å². The number of amides is 1. The van der Waals surface area contributed by atoms with Gasteiger partial charge >= 0.3 is 0 Å². The fourth-order valence-corrected chi connectivity index (χ4v) is 4.15. The molecule has 1 aromatic carbocycles. The zero-order chi connectivity index (χ0) is 15.5. The van der Waals surface area contributed by atoms with Crippen LogP contribution in [0.2, 0.25) is 0 Å². The number of halogens is 1. The van der Waals surface area contributed by atoms with Crippen molar-refractivity contribution in [2.75, 3.05) is 25.1 Å². The highest BCUT2D eigenvalue weighted by Crippen LogP contribution is 2.10. The second kappa shape index (κ2) is 6.53. The minimum Gasteiger partial charge on any atom is -0.347 e. The Bertz CT molecular complexity index is 601. The van der Waals surface area contributed by atoms with Crippen molar-refractivity contribution in [2.24, 2.45) is 0 Å². The maximum absolute atomic E-state index is 12.8. The summed E-state index contributed by atoms with van der Waals surface area (Å²) in [6.07, 6.45) is 0.491. The quantitative estimate of drug-likeness (QED) is 0.743. The number of hydrogen-bond donors (Lipinski definition) is 2. The molecule has 0 spiro atoms. The minimum absolute atomic E-state index is 0.0375. The fourth-order valence-electron chi connectivity index (χ4n) is 2.47. The molecule has 1 aliphatic rings. The Balaban J connectivity index is 1.78. The molecule has 2 N–H and O–H groups in total. The van der Waals surface area contributed by atoms with Gasteiger partial charge in [-0.2, -0.15) is 0 Å². The van der Waals surface area contributed by atoms with Crippen LogP contribution in [-0.2, 0) is 21.2 Å². The number of carbonyl (C=O) groups is 1. The summed E-state index contributed by atoms with van der Waals surface area (Å²) >= 11 is 0. The van der Waals surface area contributed by atoms with Crippen LogP contribution in [0, 0.1) is 5.82 Å². The Morgan fingerprint density at radius 3 is 2.62 bits per heavy atom. The van der Waals surface area contributed by atoms with E-state index in [1.807, 2.05) is 7.05 Å². The Hall–Kier alpha value is -1.47. The summed E-state index contributed by atoms with van der Waals surface area (Å²) in [4.78, 5) is 12.8. The first-order valence-corrected chi connectivity index (χ1v) is 8.72. The first kappa shape index (κ1) is 15.9. The lowest BCUT2D eigenvalue weighted by molar-refractivity contribution is -0.885. The van der Waals surface area contributed by atoms with Crippen LogP contribution in [0.15, 0.2) is 24.3 Å². The molecule has 1 unspecified atom stereocenters. The number of hydrogen-bond acceptors (Lipinski definition) is 3. The van der Waals surface area contributed by atoms with Crippen molar-refractivity contribution in [1.82, 2.24) is 5.32 Å². The Kier molecular flexibility index (Phi) is 4.95. The largest absolute Gasteiger partial charge is 0.347 e. The second-order valence-electron chi connectivity index (χ2n) is 5.60. The third-order valence-corrected chi connectivity index (χ3v) is 5.25. The lowest BCUT2D eigenvalue weighted by Gasteiger charge is -2.16. The highest BCUT2D eigenvalue weighted by atomic mass is 32.2. The van der Waals surface area contributed by atoms with E-state index >= 15 is 0 Å². The first-order valence-electron chi connectivity index (χ1n) is 6.89. The van der Waals surface area contributed by atoms with Crippen molar-refractivity contribution in [3.8, 4) is 0 Å². The van der Waals surface area contributed by atoms with Gasteiger partial charge in [0, 0.05) is 11.6 Å². The van der Waals surface area contributed by atoms with E-state index in [0.29, 0.717) is 13.0 Å². The number of sulfone groups is 1. The molecular weight excluding hydrogens is 295 g/mol. The average Bonchev–Trinajstić information content (AvgIpc) is 2.71. The predicted molar refractivity (Wildman–Crippen MR) is 77.1 cm³/mol. The van der Waals surface area contributed by atoms with Crippen molar-refractivity contribution in [3.05, 3.63) is 35.6 Å². The van der Waals surface area contributed by atoms with Crippen LogP contribution in [0.4, 0.5) is 4.39 Å². The summed E-state index contributed by atoms with van der Waals surface area (Å²) in [5, 5.41) is 2.76. The van der Waals surface area contributed by atoms with Crippen molar-refractivity contribution >= 4 is 15.7 Å². The maximum Gasteiger partial charge on any atom is 0.275 e. The van der Waals surface area contributed by atoms with Crippen LogP contribution in [0.3, 0.4) is 0 Å². The van der Waals surface area contributed by atoms with E-state index in [0.717, 1.165) is 10.5 Å². The van der Waals surface area contributed by atoms with Crippen LogP contribution in [-0.4, -0.2) is 45.5 Å². The summed E-state index contributed by atoms with van der Waals surface area (Å²) in [5.74, 6) is -0.250. The van der Waals surface area contributed by atoms with Gasteiger partial charge in [0.15, 0.2) is 16.4 Å². The van der Waals surface area contributed by atoms with Gasteiger partial charge in [0.05, 0.1) is 18.6 Å². The molecule has 0 radical (unpaired) electrons. The lowest BCUT2D eigenvalue weighted by Crippen LogP contribution is -3.09. The molecule has 1 aliphatic heterocycles. The predicted octanol–water partition coefficient (Wildman–Crippen LogP) is -0.856. The number of benzene rings is 1. The van der Waals surface area contributed by atoms with Crippen LogP contribution >= 0.6 is 0 Å². The third kappa shape index (κ3) is 5.09. The Morgan fingerprint density at radius 2 is 2.05 bits per heavy atom. The molecule has 1 aromatic rings. The number of rotatable bonds is 5. The smallest absolute Gasteiger partial charge is 0.275 e. The van der Waals surface area contributed by atoms with Gasteiger partial charge in [0.1, 0.15) is 12.4 Å². The van der Waals surface area contributed by atoms with Crippen LogP contribution in [0.25, 0.3) is 0 Å². The van der Waals surface area contributed by atoms with E-state index in [1.54, 1.807) is 12.1 Å². The number of carbonyl (C=O) groups excluding carboxylic acids is 1. The molecule has 5 nitrogen and oxygen atoms in total. The molecule has 2 rings (SSSR count). The maximum atomic E-state index is 12.8. The molecule has 0 aromatic heterocycles. The number of quaternary nitrogens is 1. The van der Waals surface area contributed by atoms with Crippen LogP contribution < -0.4 is 10.2 Å². The molecule has 21 heavy (non-hydrogen) atoms. The molecule has 0 bridgehead atoms. The van der Waals surface area contributed by atoms with Gasteiger partial charge in [-0.05, 0) is 18.6 Å². The zero-order valence-electron chi connectivity index (χ0n) is 11.9. The van der Waals surface area contributed by atoms with Crippen molar-refractivity contribution < 1.29 is 22.5 Å². The monoisotopic (exact) mass is 315 g/mol. The first-order chi connectivity index (χ1) is 9.84. The SMILES string of the molecule is C[NH+](CC(=O)N[C@H]1CCS(=O)(=O)C1)Cc1ccc(F)cc1. The molecule has 1 saturated heterocycles. The van der Waals surface area contributed by atoms with Gasteiger partial charge in [-0.3, -0.25) is 4.79 Å². The molecule has 116 valence electrons. The molecule has 1 amide bonds.